The monoisotopic (exact) mass is 1040 g/mol. The summed E-state index contributed by atoms with van der Waals surface area (Å²) in [5.74, 6) is 1.94. The predicted octanol–water partition coefficient (Wildman–Crippen LogP) is 20.4. The number of fused-ring (bicyclic) bond motifs is 1. The molecule has 1 aliphatic carbocycles. The molecule has 0 spiro atoms. The number of para-hydroxylation sites is 2. The molecule has 3 heterocycles. The van der Waals surface area contributed by atoms with Crippen molar-refractivity contribution in [2.45, 2.75) is 131 Å². The molecule has 79 heavy (non-hydrogen) atoms. The van der Waals surface area contributed by atoms with E-state index >= 15 is 0 Å². The number of aryl methyl sites for hydroxylation is 1. The van der Waals surface area contributed by atoms with Crippen molar-refractivity contribution in [3.63, 3.8) is 0 Å². The van der Waals surface area contributed by atoms with Gasteiger partial charge in [-0.25, -0.2) is 4.98 Å². The fourth-order valence-corrected chi connectivity index (χ4v) is 12.1. The smallest absolute Gasteiger partial charge is 0.137 e. The Labute approximate surface area is 473 Å². The van der Waals surface area contributed by atoms with Crippen LogP contribution in [0.5, 0.6) is 11.5 Å². The van der Waals surface area contributed by atoms with Crippen molar-refractivity contribution >= 4 is 44.6 Å². The van der Waals surface area contributed by atoms with Crippen LogP contribution in [-0.4, -0.2) is 16.2 Å². The molecule has 0 radical (unpaired) electrons. The second-order valence-corrected chi connectivity index (χ2v) is 26.9. The number of rotatable bonds is 8. The number of pyridine rings is 1. The molecule has 12 rings (SSSR count). The Morgan fingerprint density at radius 2 is 1.05 bits per heavy atom. The standard InChI is InChI=1S/C74H76N4O/c1-46-35-66(75-44-59(46)48-31-33-50(34-32-48)70(2,3)4)78-64-30-22-27-60-67(64)68-61(74(60,14)15)42-56(43-65(68)78)79-55-26-21-25-54(41-55)76-45-77(63-29-20-19-28-62(63)76)69-57(47-23-17-16-18-24-47)39-53(73(11,12)13)40-58(69)49-36-51(71(5,6)7)38-52(37-49)72(8,9)10/h16-44H,45H2,1-15H3/i1D3. The lowest BCUT2D eigenvalue weighted by Gasteiger charge is -2.31. The molecular formula is C74H76N4O. The van der Waals surface area contributed by atoms with Gasteiger partial charge in [0.1, 0.15) is 24.0 Å². The number of hydrogen-bond acceptors (Lipinski definition) is 4. The lowest BCUT2D eigenvalue weighted by Crippen LogP contribution is -2.25. The van der Waals surface area contributed by atoms with Gasteiger partial charge in [-0.1, -0.05) is 200 Å². The van der Waals surface area contributed by atoms with Crippen LogP contribution in [-0.2, 0) is 27.1 Å². The predicted molar refractivity (Wildman–Crippen MR) is 335 cm³/mol. The first-order valence-electron chi connectivity index (χ1n) is 29.6. The molecule has 10 aromatic rings. The third-order valence-electron chi connectivity index (χ3n) is 16.8. The Balaban J connectivity index is 0.971. The molecule has 0 saturated carbocycles. The van der Waals surface area contributed by atoms with E-state index in [1.807, 2.05) is 18.2 Å². The highest BCUT2D eigenvalue weighted by atomic mass is 16.5. The van der Waals surface area contributed by atoms with Crippen LogP contribution in [0, 0.1) is 6.85 Å². The topological polar surface area (TPSA) is 33.5 Å². The minimum Gasteiger partial charge on any atom is -0.457 e. The number of hydrogen-bond donors (Lipinski definition) is 0. The van der Waals surface area contributed by atoms with E-state index < -0.39 is 6.85 Å². The molecule has 5 heteroatoms. The van der Waals surface area contributed by atoms with Crippen molar-refractivity contribution in [2.24, 2.45) is 0 Å². The number of benzene rings is 8. The maximum Gasteiger partial charge on any atom is 0.137 e. The zero-order valence-electron chi connectivity index (χ0n) is 51.6. The van der Waals surface area contributed by atoms with Crippen molar-refractivity contribution in [3.05, 3.63) is 215 Å². The van der Waals surface area contributed by atoms with Gasteiger partial charge in [0.2, 0.25) is 0 Å². The molecule has 2 aromatic heterocycles. The minimum absolute atomic E-state index is 0.0369. The van der Waals surface area contributed by atoms with E-state index in [0.717, 1.165) is 50.0 Å². The molecule has 0 unspecified atom stereocenters. The van der Waals surface area contributed by atoms with Crippen LogP contribution in [0.1, 0.15) is 140 Å². The Morgan fingerprint density at radius 3 is 1.70 bits per heavy atom. The van der Waals surface area contributed by atoms with E-state index in [-0.39, 0.29) is 32.6 Å². The normalized spacial score (nSPS) is 15.0. The second-order valence-electron chi connectivity index (χ2n) is 26.9. The Bertz CT molecular complexity index is 4130. The Morgan fingerprint density at radius 1 is 0.468 bits per heavy atom. The van der Waals surface area contributed by atoms with Crippen LogP contribution < -0.4 is 14.5 Å². The maximum absolute atomic E-state index is 8.82. The molecule has 0 N–H and O–H groups in total. The molecule has 0 amide bonds. The summed E-state index contributed by atoms with van der Waals surface area (Å²) in [5, 5.41) is 2.29. The zero-order valence-corrected chi connectivity index (χ0v) is 48.6. The molecule has 0 fully saturated rings. The molecule has 0 atom stereocenters. The second kappa shape index (κ2) is 18.3. The number of anilines is 4. The highest BCUT2D eigenvalue weighted by Crippen LogP contribution is 2.55. The summed E-state index contributed by atoms with van der Waals surface area (Å²) in [5.41, 5.74) is 19.6. The van der Waals surface area contributed by atoms with Crippen molar-refractivity contribution in [1.82, 2.24) is 9.55 Å². The van der Waals surface area contributed by atoms with E-state index in [4.69, 9.17) is 13.8 Å². The highest BCUT2D eigenvalue weighted by Gasteiger charge is 2.38. The molecule has 2 aliphatic rings. The molecular weight excluding hydrogens is 961 g/mol. The van der Waals surface area contributed by atoms with Gasteiger partial charge in [0, 0.05) is 61.0 Å². The SMILES string of the molecule is [2H]C([2H])([2H])c1cc(-n2c3cccc4c3c3c(cc(Oc5cccc(N6CN(c7c(-c8ccccc8)cc(C(C)(C)C)cc7-c7cc(C(C)(C)C)cc(C(C)(C)C)c7)c7ccccc76)c5)cc32)C4(C)C)ncc1-c1ccc(C(C)(C)C)cc1. The molecule has 8 aromatic carbocycles. The summed E-state index contributed by atoms with van der Waals surface area (Å²) in [6, 6.07) is 61.1. The van der Waals surface area contributed by atoms with E-state index in [1.165, 1.54) is 55.8 Å². The summed E-state index contributed by atoms with van der Waals surface area (Å²) in [4.78, 5) is 10.0. The van der Waals surface area contributed by atoms with E-state index in [0.29, 0.717) is 29.5 Å². The van der Waals surface area contributed by atoms with Crippen molar-refractivity contribution in [2.75, 3.05) is 16.5 Å². The summed E-state index contributed by atoms with van der Waals surface area (Å²) >= 11 is 0. The van der Waals surface area contributed by atoms with Crippen molar-refractivity contribution in [3.8, 4) is 50.7 Å². The molecule has 5 nitrogen and oxygen atoms in total. The third-order valence-corrected chi connectivity index (χ3v) is 16.8. The first kappa shape index (κ1) is 48.3. The lowest BCUT2D eigenvalue weighted by molar-refractivity contribution is 0.481. The zero-order chi connectivity index (χ0) is 58.2. The van der Waals surface area contributed by atoms with Gasteiger partial charge in [0.25, 0.3) is 0 Å². The summed E-state index contributed by atoms with van der Waals surface area (Å²) in [6.07, 6.45) is 1.74. The molecule has 0 saturated heterocycles. The van der Waals surface area contributed by atoms with Crippen LogP contribution in [0.2, 0.25) is 0 Å². The third kappa shape index (κ3) is 9.00. The van der Waals surface area contributed by atoms with Gasteiger partial charge in [-0.05, 0) is 139 Å². The summed E-state index contributed by atoms with van der Waals surface area (Å²) in [7, 11) is 0. The fraction of sp³-hybridized carbons (Fsp3) is 0.284. The van der Waals surface area contributed by atoms with Gasteiger partial charge < -0.3 is 14.5 Å². The van der Waals surface area contributed by atoms with Crippen LogP contribution in [0.4, 0.5) is 22.7 Å². The molecule has 0 bridgehead atoms. The lowest BCUT2D eigenvalue weighted by atomic mass is 9.77. The van der Waals surface area contributed by atoms with Crippen molar-refractivity contribution in [1.29, 1.82) is 0 Å². The molecule has 1 aliphatic heterocycles. The van der Waals surface area contributed by atoms with Crippen LogP contribution in [0.25, 0.3) is 61.0 Å². The van der Waals surface area contributed by atoms with Crippen LogP contribution in [0.15, 0.2) is 176 Å². The first-order valence-corrected chi connectivity index (χ1v) is 28.1. The van der Waals surface area contributed by atoms with Gasteiger partial charge >= 0.3 is 0 Å². The largest absolute Gasteiger partial charge is 0.457 e. The molecule has 398 valence electrons. The fourth-order valence-electron chi connectivity index (χ4n) is 12.1. The number of nitrogens with zero attached hydrogens (tertiary/aromatic N) is 4. The summed E-state index contributed by atoms with van der Waals surface area (Å²) in [6.45, 7) is 30.1. The van der Waals surface area contributed by atoms with E-state index in [2.05, 4.69) is 257 Å². The number of ether oxygens (including phenoxy) is 1. The van der Waals surface area contributed by atoms with Crippen LogP contribution >= 0.6 is 0 Å². The van der Waals surface area contributed by atoms with Gasteiger partial charge in [-0.15, -0.1) is 0 Å². The Hall–Kier alpha value is -7.89. The van der Waals surface area contributed by atoms with Gasteiger partial charge in [-0.2, -0.15) is 0 Å². The quantitative estimate of drug-likeness (QED) is 0.152. The van der Waals surface area contributed by atoms with Gasteiger partial charge in [0.05, 0.1) is 28.1 Å². The van der Waals surface area contributed by atoms with Crippen molar-refractivity contribution < 1.29 is 8.85 Å². The maximum atomic E-state index is 8.82. The van der Waals surface area contributed by atoms with Gasteiger partial charge in [0.15, 0.2) is 0 Å². The van der Waals surface area contributed by atoms with E-state index in [1.54, 1.807) is 12.3 Å². The minimum atomic E-state index is -2.40. The first-order chi connectivity index (χ1) is 38.6. The highest BCUT2D eigenvalue weighted by molar-refractivity contribution is 6.16. The summed E-state index contributed by atoms with van der Waals surface area (Å²) < 4.78 is 35.7. The van der Waals surface area contributed by atoms with E-state index in [9.17, 15) is 0 Å². The Kier molecular flexibility index (Phi) is 11.2. The number of aromatic nitrogens is 2. The average Bonchev–Trinajstić information content (AvgIpc) is 1.70. The van der Waals surface area contributed by atoms with Crippen LogP contribution in [0.3, 0.4) is 0 Å². The van der Waals surface area contributed by atoms with Gasteiger partial charge in [-0.3, -0.25) is 4.57 Å². The average molecular weight is 1040 g/mol.